The first kappa shape index (κ1) is 13.8. The summed E-state index contributed by atoms with van der Waals surface area (Å²) in [7, 11) is 1.53. The first-order chi connectivity index (χ1) is 8.96. The molecule has 1 aromatic carbocycles. The van der Waals surface area contributed by atoms with Crippen LogP contribution in [0.25, 0.3) is 0 Å². The normalized spacial score (nSPS) is 17.6. The van der Waals surface area contributed by atoms with E-state index in [-0.39, 0.29) is 18.9 Å². The summed E-state index contributed by atoms with van der Waals surface area (Å²) in [5, 5.41) is 0. The first-order valence-electron chi connectivity index (χ1n) is 6.31. The Kier molecular flexibility index (Phi) is 3.73. The molecule has 3 nitrogen and oxygen atoms in total. The lowest BCUT2D eigenvalue weighted by molar-refractivity contribution is 0.0120. The van der Waals surface area contributed by atoms with Gasteiger partial charge in [-0.15, -0.1) is 0 Å². The number of hydrogen-bond acceptors (Lipinski definition) is 2. The molecule has 1 saturated heterocycles. The Bertz CT molecular complexity index is 488. The van der Waals surface area contributed by atoms with Gasteiger partial charge < -0.3 is 9.64 Å². The molecule has 0 unspecified atom stereocenters. The van der Waals surface area contributed by atoms with Crippen molar-refractivity contribution >= 4 is 5.91 Å². The highest BCUT2D eigenvalue weighted by atomic mass is 19.3. The van der Waals surface area contributed by atoms with Crippen molar-refractivity contribution in [3.63, 3.8) is 0 Å². The number of carbonyl (C=O) groups excluding carboxylic acids is 1. The molecule has 5 heteroatoms. The van der Waals surface area contributed by atoms with Crippen molar-refractivity contribution in [2.24, 2.45) is 0 Å². The second kappa shape index (κ2) is 5.15. The van der Waals surface area contributed by atoms with Crippen molar-refractivity contribution in [2.45, 2.75) is 25.7 Å². The summed E-state index contributed by atoms with van der Waals surface area (Å²) in [4.78, 5) is 13.3. The molecule has 1 heterocycles. The smallest absolute Gasteiger partial charge is 0.267 e. The molecule has 1 aliphatic rings. The van der Waals surface area contributed by atoms with Crippen LogP contribution in [0.15, 0.2) is 18.2 Å². The van der Waals surface area contributed by atoms with Gasteiger partial charge in [-0.05, 0) is 24.1 Å². The van der Waals surface area contributed by atoms with E-state index in [1.165, 1.54) is 12.0 Å². The quantitative estimate of drug-likeness (QED) is 0.844. The van der Waals surface area contributed by atoms with E-state index in [1.807, 2.05) is 6.92 Å². The summed E-state index contributed by atoms with van der Waals surface area (Å²) in [5.41, 5.74) is 1.39. The second-order valence-electron chi connectivity index (χ2n) is 4.71. The van der Waals surface area contributed by atoms with Crippen molar-refractivity contribution in [3.8, 4) is 5.75 Å². The predicted octanol–water partition coefficient (Wildman–Crippen LogP) is 2.74. The van der Waals surface area contributed by atoms with Crippen LogP contribution in [0, 0.1) is 0 Å². The Balaban J connectivity index is 2.20. The Morgan fingerprint density at radius 1 is 1.47 bits per heavy atom. The maximum Gasteiger partial charge on any atom is 0.267 e. The number of ether oxygens (including phenoxy) is 1. The van der Waals surface area contributed by atoms with Crippen LogP contribution in [0.1, 0.15) is 29.3 Å². The standard InChI is InChI=1S/C14H17F2NO2/c1-3-10-4-5-11(8-12(10)19-2)13(18)17-7-6-14(15,16)9-17/h4-5,8H,3,6-7,9H2,1-2H3. The van der Waals surface area contributed by atoms with Crippen LogP contribution in [-0.4, -0.2) is 36.9 Å². The van der Waals surface area contributed by atoms with Gasteiger partial charge in [0.25, 0.3) is 11.8 Å². The van der Waals surface area contributed by atoms with E-state index in [2.05, 4.69) is 0 Å². The molecule has 1 fully saturated rings. The van der Waals surface area contributed by atoms with E-state index in [1.54, 1.807) is 18.2 Å². The topological polar surface area (TPSA) is 29.5 Å². The van der Waals surface area contributed by atoms with Gasteiger partial charge >= 0.3 is 0 Å². The number of hydrogen-bond donors (Lipinski definition) is 0. The van der Waals surface area contributed by atoms with Crippen molar-refractivity contribution in [3.05, 3.63) is 29.3 Å². The van der Waals surface area contributed by atoms with E-state index in [9.17, 15) is 13.6 Å². The maximum atomic E-state index is 13.1. The molecule has 0 aliphatic carbocycles. The zero-order valence-corrected chi connectivity index (χ0v) is 11.1. The fourth-order valence-corrected chi connectivity index (χ4v) is 2.26. The third-order valence-electron chi connectivity index (χ3n) is 3.37. The number of amides is 1. The molecule has 0 N–H and O–H groups in total. The number of likely N-dealkylation sites (tertiary alicyclic amines) is 1. The van der Waals surface area contributed by atoms with Gasteiger partial charge in [-0.2, -0.15) is 0 Å². The fraction of sp³-hybridized carbons (Fsp3) is 0.500. The highest BCUT2D eigenvalue weighted by Crippen LogP contribution is 2.29. The van der Waals surface area contributed by atoms with Crippen LogP contribution < -0.4 is 4.74 Å². The third-order valence-corrected chi connectivity index (χ3v) is 3.37. The molecule has 104 valence electrons. The average molecular weight is 269 g/mol. The molecule has 0 saturated carbocycles. The lowest BCUT2D eigenvalue weighted by Crippen LogP contribution is -2.31. The highest BCUT2D eigenvalue weighted by Gasteiger charge is 2.40. The lowest BCUT2D eigenvalue weighted by atomic mass is 10.1. The zero-order chi connectivity index (χ0) is 14.0. The third kappa shape index (κ3) is 2.85. The summed E-state index contributed by atoms with van der Waals surface area (Å²) in [5.74, 6) is -2.50. The molecule has 0 spiro atoms. The zero-order valence-electron chi connectivity index (χ0n) is 11.1. The van der Waals surface area contributed by atoms with Crippen LogP contribution in [-0.2, 0) is 6.42 Å². The van der Waals surface area contributed by atoms with Gasteiger partial charge in [-0.3, -0.25) is 4.79 Å². The minimum atomic E-state index is -2.76. The van der Waals surface area contributed by atoms with Crippen LogP contribution >= 0.6 is 0 Å². The largest absolute Gasteiger partial charge is 0.496 e. The van der Waals surface area contributed by atoms with Gasteiger partial charge in [-0.1, -0.05) is 13.0 Å². The van der Waals surface area contributed by atoms with E-state index in [0.29, 0.717) is 11.3 Å². The lowest BCUT2D eigenvalue weighted by Gasteiger charge is -2.17. The molecule has 0 atom stereocenters. The van der Waals surface area contributed by atoms with E-state index < -0.39 is 12.5 Å². The molecular formula is C14H17F2NO2. The van der Waals surface area contributed by atoms with Gasteiger partial charge in [0.2, 0.25) is 0 Å². The van der Waals surface area contributed by atoms with Gasteiger partial charge in [0, 0.05) is 18.5 Å². The number of aryl methyl sites for hydroxylation is 1. The van der Waals surface area contributed by atoms with Crippen LogP contribution in [0.2, 0.25) is 0 Å². The van der Waals surface area contributed by atoms with E-state index >= 15 is 0 Å². The van der Waals surface area contributed by atoms with E-state index in [4.69, 9.17) is 4.74 Å². The molecule has 2 rings (SSSR count). The molecule has 0 bridgehead atoms. The maximum absolute atomic E-state index is 13.1. The summed E-state index contributed by atoms with van der Waals surface area (Å²) in [6, 6.07) is 5.10. The molecule has 19 heavy (non-hydrogen) atoms. The first-order valence-corrected chi connectivity index (χ1v) is 6.31. The number of alkyl halides is 2. The number of methoxy groups -OCH3 is 1. The Morgan fingerprint density at radius 3 is 2.74 bits per heavy atom. The van der Waals surface area contributed by atoms with Crippen molar-refractivity contribution in [1.29, 1.82) is 0 Å². The van der Waals surface area contributed by atoms with Crippen LogP contribution in [0.4, 0.5) is 8.78 Å². The molecular weight excluding hydrogens is 252 g/mol. The van der Waals surface area contributed by atoms with Gasteiger partial charge in [0.05, 0.1) is 13.7 Å². The predicted molar refractivity (Wildman–Crippen MR) is 67.8 cm³/mol. The van der Waals surface area contributed by atoms with Gasteiger partial charge in [-0.25, -0.2) is 8.78 Å². The molecule has 1 amide bonds. The number of nitrogens with zero attached hydrogens (tertiary/aromatic N) is 1. The monoisotopic (exact) mass is 269 g/mol. The van der Waals surface area contributed by atoms with E-state index in [0.717, 1.165) is 12.0 Å². The summed E-state index contributed by atoms with van der Waals surface area (Å²) >= 11 is 0. The molecule has 0 aromatic heterocycles. The van der Waals surface area contributed by atoms with Crippen molar-refractivity contribution in [1.82, 2.24) is 4.90 Å². The average Bonchev–Trinajstić information content (AvgIpc) is 2.77. The Labute approximate surface area is 111 Å². The summed E-state index contributed by atoms with van der Waals surface area (Å²) in [6.45, 7) is 1.59. The molecule has 1 aromatic rings. The number of rotatable bonds is 3. The van der Waals surface area contributed by atoms with Gasteiger partial charge in [0.1, 0.15) is 5.75 Å². The summed E-state index contributed by atoms with van der Waals surface area (Å²) < 4.78 is 31.4. The minimum absolute atomic E-state index is 0.101. The van der Waals surface area contributed by atoms with Crippen molar-refractivity contribution in [2.75, 3.05) is 20.2 Å². The fourth-order valence-electron chi connectivity index (χ4n) is 2.26. The van der Waals surface area contributed by atoms with Crippen LogP contribution in [0.5, 0.6) is 5.75 Å². The summed E-state index contributed by atoms with van der Waals surface area (Å²) in [6.07, 6.45) is 0.530. The number of halogens is 2. The van der Waals surface area contributed by atoms with Crippen molar-refractivity contribution < 1.29 is 18.3 Å². The second-order valence-corrected chi connectivity index (χ2v) is 4.71. The Morgan fingerprint density at radius 2 is 2.21 bits per heavy atom. The number of benzene rings is 1. The van der Waals surface area contributed by atoms with Gasteiger partial charge in [0.15, 0.2) is 0 Å². The SMILES string of the molecule is CCc1ccc(C(=O)N2CCC(F)(F)C2)cc1OC. The molecule has 1 aliphatic heterocycles. The highest BCUT2D eigenvalue weighted by molar-refractivity contribution is 5.95. The number of carbonyl (C=O) groups is 1. The Hall–Kier alpha value is -1.65. The minimum Gasteiger partial charge on any atom is -0.496 e. The molecule has 0 radical (unpaired) electrons. The van der Waals surface area contributed by atoms with Crippen LogP contribution in [0.3, 0.4) is 0 Å².